The Kier molecular flexibility index (Phi) is 4.07. The average Bonchev–Trinajstić information content (AvgIpc) is 4.22. The lowest BCUT2D eigenvalue weighted by atomic mass is 9.99. The van der Waals surface area contributed by atoms with Crippen LogP contribution in [0, 0.1) is 0 Å². The topological polar surface area (TPSA) is 56.7 Å². The molecular formula is C51H30N4OS. The van der Waals surface area contributed by atoms with Gasteiger partial charge in [0.25, 0.3) is 0 Å². The molecule has 0 bridgehead atoms. The standard InChI is InChI=1S/C51H30N4OS/c1-4-13-31(14-5-1)34-23-25-38-40-28-27-39-37-19-10-11-21-42(37)55(47(39)48(40)57-45(38)30-34)51-53-49(33-17-8-3-9-18-33)52-50(54-51)35-24-26-41-44(29-35)56-43-22-12-20-36(46(41)43)32-15-6-2-7-16-32/h1-30H/i2D,3D,6D,7D,8D,9D,10D,11D,15D,16D,17D,18D,19D,21D,23D,25D,27D,28D,30D. The number of furan rings is 1. The summed E-state index contributed by atoms with van der Waals surface area (Å²) in [5.74, 6) is -1.14. The van der Waals surface area contributed by atoms with Gasteiger partial charge in [-0.05, 0) is 52.5 Å². The third kappa shape index (κ3) is 5.04. The Morgan fingerprint density at radius 3 is 2.09 bits per heavy atom. The van der Waals surface area contributed by atoms with Crippen molar-refractivity contribution in [1.82, 2.24) is 19.5 Å². The number of thiophene rings is 1. The van der Waals surface area contributed by atoms with Crippen LogP contribution in [0.15, 0.2) is 186 Å². The predicted octanol–water partition coefficient (Wildman–Crippen LogP) is 13.9. The minimum atomic E-state index is -0.723. The summed E-state index contributed by atoms with van der Waals surface area (Å²) in [6.45, 7) is 0. The van der Waals surface area contributed by atoms with Gasteiger partial charge < -0.3 is 4.42 Å². The second kappa shape index (κ2) is 12.6. The van der Waals surface area contributed by atoms with Crippen LogP contribution >= 0.6 is 11.3 Å². The van der Waals surface area contributed by atoms with Gasteiger partial charge in [-0.3, -0.25) is 4.57 Å². The molecule has 0 atom stereocenters. The van der Waals surface area contributed by atoms with Crippen LogP contribution in [-0.4, -0.2) is 19.5 Å². The molecule has 0 radical (unpaired) electrons. The molecule has 0 aliphatic heterocycles. The molecule has 4 heterocycles. The van der Waals surface area contributed by atoms with Crippen LogP contribution in [0.25, 0.3) is 115 Å². The molecule has 0 saturated carbocycles. The summed E-state index contributed by atoms with van der Waals surface area (Å²) in [5, 5.41) is 0.467. The highest BCUT2D eigenvalue weighted by atomic mass is 32.1. The Hall–Kier alpha value is -7.41. The Labute approximate surface area is 357 Å². The SMILES string of the molecule is [2H]c1c([2H])c([2H])c(-c2nc(-c3ccc4c(c3)oc3cccc(-c5c([2H])c([2H])c([2H])c([2H])c5[2H])c34)nc(-n3c4c([2H])c([2H])c([2H])c([2H])c4c4c([2H])c([2H])c5c(sc6c([2H])c(-c7ccccc7)c([2H])c([2H])c65)c43)n2)c([2H])c1[2H]. The highest BCUT2D eigenvalue weighted by Gasteiger charge is 2.22. The lowest BCUT2D eigenvalue weighted by Gasteiger charge is -2.11. The molecule has 0 aliphatic carbocycles. The zero-order valence-electron chi connectivity index (χ0n) is 48.0. The van der Waals surface area contributed by atoms with Crippen molar-refractivity contribution in [2.45, 2.75) is 0 Å². The summed E-state index contributed by atoms with van der Waals surface area (Å²) in [5.41, 5.74) is 0.679. The van der Waals surface area contributed by atoms with Crippen molar-refractivity contribution in [3.8, 4) is 51.0 Å². The first-order valence-corrected chi connectivity index (χ1v) is 18.3. The monoisotopic (exact) mass is 765 g/mol. The number of hydrogen-bond donors (Lipinski definition) is 0. The van der Waals surface area contributed by atoms with Crippen molar-refractivity contribution < 1.29 is 30.5 Å². The van der Waals surface area contributed by atoms with E-state index in [2.05, 4.69) is 4.98 Å². The Bertz CT molecular complexity index is 4590. The second-order valence-corrected chi connectivity index (χ2v) is 14.0. The van der Waals surface area contributed by atoms with E-state index in [1.54, 1.807) is 60.7 Å². The fourth-order valence-electron chi connectivity index (χ4n) is 7.23. The van der Waals surface area contributed by atoms with Gasteiger partial charge in [-0.15, -0.1) is 11.3 Å². The molecule has 0 spiro atoms. The van der Waals surface area contributed by atoms with E-state index < -0.39 is 114 Å². The van der Waals surface area contributed by atoms with Crippen molar-refractivity contribution in [3.05, 3.63) is 182 Å². The maximum atomic E-state index is 9.59. The number of fused-ring (bicyclic) bond motifs is 10. The summed E-state index contributed by atoms with van der Waals surface area (Å²) in [6.07, 6.45) is 0. The fraction of sp³-hybridized carbons (Fsp3) is 0. The molecule has 266 valence electrons. The van der Waals surface area contributed by atoms with Crippen molar-refractivity contribution in [1.29, 1.82) is 0 Å². The summed E-state index contributed by atoms with van der Waals surface area (Å²) in [6, 6.07) is 7.74. The molecule has 0 fully saturated rings. The lowest BCUT2D eigenvalue weighted by molar-refractivity contribution is 0.669. The van der Waals surface area contributed by atoms with Gasteiger partial charge in [0.15, 0.2) is 11.6 Å². The zero-order valence-corrected chi connectivity index (χ0v) is 29.8. The molecular weight excluding hydrogens is 717 g/mol. The highest BCUT2D eigenvalue weighted by molar-refractivity contribution is 7.26. The van der Waals surface area contributed by atoms with E-state index in [0.29, 0.717) is 16.3 Å². The number of hydrogen-bond acceptors (Lipinski definition) is 5. The lowest BCUT2D eigenvalue weighted by Crippen LogP contribution is -2.06. The zero-order chi connectivity index (χ0) is 54.0. The third-order valence-corrected chi connectivity index (χ3v) is 10.8. The van der Waals surface area contributed by atoms with Crippen LogP contribution in [0.4, 0.5) is 0 Å². The van der Waals surface area contributed by atoms with E-state index in [9.17, 15) is 8.22 Å². The van der Waals surface area contributed by atoms with E-state index in [4.69, 9.17) is 32.2 Å². The normalized spacial score (nSPS) is 16.5. The van der Waals surface area contributed by atoms with Crippen LogP contribution in [0.1, 0.15) is 26.0 Å². The van der Waals surface area contributed by atoms with E-state index in [-0.39, 0.29) is 99.3 Å². The van der Waals surface area contributed by atoms with E-state index >= 15 is 0 Å². The molecule has 0 aliphatic rings. The third-order valence-electron chi connectivity index (χ3n) is 9.72. The molecule has 0 unspecified atom stereocenters. The summed E-state index contributed by atoms with van der Waals surface area (Å²) in [7, 11) is 0. The summed E-state index contributed by atoms with van der Waals surface area (Å²) in [4.78, 5) is 14.3. The first-order valence-electron chi connectivity index (χ1n) is 27.0. The molecule has 12 aromatic rings. The van der Waals surface area contributed by atoms with E-state index in [1.807, 2.05) is 0 Å². The van der Waals surface area contributed by atoms with Crippen molar-refractivity contribution in [2.24, 2.45) is 0 Å². The van der Waals surface area contributed by atoms with Gasteiger partial charge in [-0.25, -0.2) is 4.98 Å². The molecule has 5 nitrogen and oxygen atoms in total. The maximum Gasteiger partial charge on any atom is 0.238 e. The summed E-state index contributed by atoms with van der Waals surface area (Å²) >= 11 is 0.936. The van der Waals surface area contributed by atoms with Crippen molar-refractivity contribution in [3.63, 3.8) is 0 Å². The van der Waals surface area contributed by atoms with Gasteiger partial charge in [-0.2, -0.15) is 9.97 Å². The first-order chi connectivity index (χ1) is 36.2. The van der Waals surface area contributed by atoms with E-state index in [1.165, 1.54) is 10.6 Å². The van der Waals surface area contributed by atoms with Gasteiger partial charge in [-0.1, -0.05) is 151 Å². The minimum Gasteiger partial charge on any atom is -0.456 e. The molecule has 0 N–H and O–H groups in total. The van der Waals surface area contributed by atoms with Crippen LogP contribution < -0.4 is 0 Å². The molecule has 0 amide bonds. The van der Waals surface area contributed by atoms with Gasteiger partial charge in [0.2, 0.25) is 5.95 Å². The van der Waals surface area contributed by atoms with Gasteiger partial charge in [0, 0.05) is 48.1 Å². The number of aromatic nitrogens is 4. The van der Waals surface area contributed by atoms with Gasteiger partial charge in [0.1, 0.15) is 11.2 Å². The first kappa shape index (κ1) is 18.5. The predicted molar refractivity (Wildman–Crippen MR) is 236 cm³/mol. The van der Waals surface area contributed by atoms with Crippen LogP contribution in [0.5, 0.6) is 0 Å². The van der Waals surface area contributed by atoms with Crippen molar-refractivity contribution >= 4 is 75.3 Å². The fourth-order valence-corrected chi connectivity index (χ4v) is 8.38. The Balaban J connectivity index is 1.22. The second-order valence-electron chi connectivity index (χ2n) is 12.9. The molecule has 0 saturated heterocycles. The molecule has 12 rings (SSSR count). The average molecular weight is 766 g/mol. The smallest absolute Gasteiger partial charge is 0.238 e. The minimum absolute atomic E-state index is 0.0106. The van der Waals surface area contributed by atoms with Gasteiger partial charge in [0.05, 0.1) is 41.8 Å². The molecule has 6 heteroatoms. The van der Waals surface area contributed by atoms with Crippen LogP contribution in [0.3, 0.4) is 0 Å². The molecule has 4 aromatic heterocycles. The van der Waals surface area contributed by atoms with E-state index in [0.717, 1.165) is 11.3 Å². The Morgan fingerprint density at radius 1 is 0.509 bits per heavy atom. The number of rotatable bonds is 5. The Morgan fingerprint density at radius 2 is 1.25 bits per heavy atom. The maximum absolute atomic E-state index is 9.59. The van der Waals surface area contributed by atoms with Crippen molar-refractivity contribution in [2.75, 3.05) is 0 Å². The quantitative estimate of drug-likeness (QED) is 0.175. The highest BCUT2D eigenvalue weighted by Crippen LogP contribution is 2.44. The van der Waals surface area contributed by atoms with Crippen LogP contribution in [0.2, 0.25) is 0 Å². The number of para-hydroxylation sites is 1. The van der Waals surface area contributed by atoms with Gasteiger partial charge >= 0.3 is 0 Å². The number of nitrogens with zero attached hydrogens (tertiary/aromatic N) is 4. The summed E-state index contributed by atoms with van der Waals surface area (Å²) < 4.78 is 177. The largest absolute Gasteiger partial charge is 0.456 e. The number of benzene rings is 8. The molecule has 8 aromatic carbocycles. The van der Waals surface area contributed by atoms with Crippen LogP contribution in [-0.2, 0) is 0 Å². The molecule has 57 heavy (non-hydrogen) atoms.